The molecule has 94 valence electrons. The van der Waals surface area contributed by atoms with Gasteiger partial charge in [-0.25, -0.2) is 4.39 Å². The highest BCUT2D eigenvalue weighted by molar-refractivity contribution is 5.96. The molecule has 1 aromatic rings. The van der Waals surface area contributed by atoms with Gasteiger partial charge >= 0.3 is 0 Å². The topological polar surface area (TPSA) is 26.3 Å². The summed E-state index contributed by atoms with van der Waals surface area (Å²) < 4.78 is 18.9. The van der Waals surface area contributed by atoms with Crippen LogP contribution in [0, 0.1) is 11.7 Å². The molecule has 0 radical (unpaired) electrons. The molecule has 1 aromatic carbocycles. The summed E-state index contributed by atoms with van der Waals surface area (Å²) in [7, 11) is 0. The molecule has 0 atom stereocenters. The minimum atomic E-state index is -0.473. The number of hydrogen-bond donors (Lipinski definition) is 0. The van der Waals surface area contributed by atoms with Gasteiger partial charge in [-0.05, 0) is 30.5 Å². The number of Topliss-reactive ketones (excluding diaryl/α,β-unsaturated/α-hetero) is 1. The van der Waals surface area contributed by atoms with Crippen molar-refractivity contribution in [2.45, 2.75) is 33.6 Å². The molecule has 0 fully saturated rings. The summed E-state index contributed by atoms with van der Waals surface area (Å²) in [5.74, 6) is 0.140. The van der Waals surface area contributed by atoms with Crippen LogP contribution in [-0.2, 0) is 0 Å². The van der Waals surface area contributed by atoms with E-state index in [1.54, 1.807) is 6.07 Å². The summed E-state index contributed by atoms with van der Waals surface area (Å²) in [4.78, 5) is 11.8. The van der Waals surface area contributed by atoms with Crippen LogP contribution in [-0.4, -0.2) is 12.4 Å². The molecule has 0 heterocycles. The molecule has 0 aromatic heterocycles. The summed E-state index contributed by atoms with van der Waals surface area (Å²) >= 11 is 0. The normalized spacial score (nSPS) is 10.6. The van der Waals surface area contributed by atoms with Crippen molar-refractivity contribution >= 4 is 5.78 Å². The molecule has 0 spiro atoms. The Morgan fingerprint density at radius 2 is 2.12 bits per heavy atom. The molecule has 0 saturated heterocycles. The van der Waals surface area contributed by atoms with Crippen LogP contribution in [0.5, 0.6) is 5.75 Å². The Balaban J connectivity index is 2.86. The average molecular weight is 238 g/mol. The Kier molecular flexibility index (Phi) is 5.13. The summed E-state index contributed by atoms with van der Waals surface area (Å²) in [6.45, 7) is 6.44. The van der Waals surface area contributed by atoms with Gasteiger partial charge in [-0.3, -0.25) is 4.79 Å². The standard InChI is InChI=1S/C14H19FO2/c1-4-7-17-11-5-6-13(15)12(9-11)14(16)8-10(2)3/h5-6,9-10H,4,7-8H2,1-3H3. The Morgan fingerprint density at radius 3 is 2.71 bits per heavy atom. The summed E-state index contributed by atoms with van der Waals surface area (Å²) in [5.41, 5.74) is 0.132. The van der Waals surface area contributed by atoms with Crippen LogP contribution >= 0.6 is 0 Å². The number of carbonyl (C=O) groups excluding carboxylic acids is 1. The van der Waals surface area contributed by atoms with Crippen molar-refractivity contribution in [1.82, 2.24) is 0 Å². The molecule has 3 heteroatoms. The van der Waals surface area contributed by atoms with Gasteiger partial charge in [0.2, 0.25) is 0 Å². The fourth-order valence-electron chi connectivity index (χ4n) is 1.51. The summed E-state index contributed by atoms with van der Waals surface area (Å²) in [6, 6.07) is 4.34. The number of ether oxygens (including phenoxy) is 1. The van der Waals surface area contributed by atoms with Gasteiger partial charge in [0.05, 0.1) is 12.2 Å². The minimum absolute atomic E-state index is 0.132. The van der Waals surface area contributed by atoms with Crippen LogP contribution in [0.4, 0.5) is 4.39 Å². The van der Waals surface area contributed by atoms with Crippen molar-refractivity contribution in [3.63, 3.8) is 0 Å². The van der Waals surface area contributed by atoms with Crippen molar-refractivity contribution in [3.8, 4) is 5.75 Å². The van der Waals surface area contributed by atoms with Gasteiger partial charge in [-0.15, -0.1) is 0 Å². The number of ketones is 1. The van der Waals surface area contributed by atoms with Gasteiger partial charge in [0.1, 0.15) is 11.6 Å². The molecule has 17 heavy (non-hydrogen) atoms. The van der Waals surface area contributed by atoms with E-state index in [0.29, 0.717) is 18.8 Å². The average Bonchev–Trinajstić information content (AvgIpc) is 2.27. The highest BCUT2D eigenvalue weighted by Crippen LogP contribution is 2.20. The number of carbonyl (C=O) groups is 1. The number of hydrogen-bond acceptors (Lipinski definition) is 2. The van der Waals surface area contributed by atoms with Gasteiger partial charge in [-0.2, -0.15) is 0 Å². The molecule has 1 rings (SSSR count). The van der Waals surface area contributed by atoms with Crippen LogP contribution in [0.3, 0.4) is 0 Å². The Morgan fingerprint density at radius 1 is 1.41 bits per heavy atom. The second kappa shape index (κ2) is 6.38. The van der Waals surface area contributed by atoms with Crippen LogP contribution in [0.1, 0.15) is 44.0 Å². The zero-order valence-corrected chi connectivity index (χ0v) is 10.6. The first-order valence-electron chi connectivity index (χ1n) is 6.00. The molecule has 2 nitrogen and oxygen atoms in total. The van der Waals surface area contributed by atoms with Crippen molar-refractivity contribution in [3.05, 3.63) is 29.6 Å². The fraction of sp³-hybridized carbons (Fsp3) is 0.500. The third-order valence-corrected chi connectivity index (χ3v) is 2.30. The largest absolute Gasteiger partial charge is 0.494 e. The molecule has 0 N–H and O–H groups in total. The van der Waals surface area contributed by atoms with Crippen molar-refractivity contribution in [2.75, 3.05) is 6.61 Å². The lowest BCUT2D eigenvalue weighted by Gasteiger charge is -2.08. The number of halogens is 1. The highest BCUT2D eigenvalue weighted by Gasteiger charge is 2.14. The summed E-state index contributed by atoms with van der Waals surface area (Å²) in [6.07, 6.45) is 1.24. The maximum Gasteiger partial charge on any atom is 0.166 e. The molecular weight excluding hydrogens is 219 g/mol. The number of rotatable bonds is 6. The summed E-state index contributed by atoms with van der Waals surface area (Å²) in [5, 5.41) is 0. The van der Waals surface area contributed by atoms with Crippen molar-refractivity contribution < 1.29 is 13.9 Å². The van der Waals surface area contributed by atoms with E-state index < -0.39 is 5.82 Å². The molecule has 0 amide bonds. The van der Waals surface area contributed by atoms with E-state index in [2.05, 4.69) is 0 Å². The first-order valence-corrected chi connectivity index (χ1v) is 6.00. The lowest BCUT2D eigenvalue weighted by molar-refractivity contribution is 0.0963. The predicted molar refractivity (Wildman–Crippen MR) is 66.0 cm³/mol. The molecular formula is C14H19FO2. The second-order valence-corrected chi connectivity index (χ2v) is 4.51. The molecule has 0 unspecified atom stereocenters. The Hall–Kier alpha value is -1.38. The van der Waals surface area contributed by atoms with Gasteiger partial charge in [0, 0.05) is 6.42 Å². The smallest absolute Gasteiger partial charge is 0.166 e. The van der Waals surface area contributed by atoms with E-state index in [-0.39, 0.29) is 17.3 Å². The zero-order chi connectivity index (χ0) is 12.8. The number of benzene rings is 1. The minimum Gasteiger partial charge on any atom is -0.494 e. The van der Waals surface area contributed by atoms with Crippen molar-refractivity contribution in [1.29, 1.82) is 0 Å². The maximum absolute atomic E-state index is 13.5. The van der Waals surface area contributed by atoms with E-state index in [1.807, 2.05) is 20.8 Å². The van der Waals surface area contributed by atoms with E-state index in [1.165, 1.54) is 12.1 Å². The molecule has 0 bridgehead atoms. The molecule has 0 aliphatic rings. The first kappa shape index (κ1) is 13.7. The van der Waals surface area contributed by atoms with Gasteiger partial charge < -0.3 is 4.74 Å². The lowest BCUT2D eigenvalue weighted by Crippen LogP contribution is -2.07. The maximum atomic E-state index is 13.5. The van der Waals surface area contributed by atoms with E-state index in [0.717, 1.165) is 6.42 Å². The molecule has 0 saturated carbocycles. The van der Waals surface area contributed by atoms with Crippen LogP contribution in [0.25, 0.3) is 0 Å². The van der Waals surface area contributed by atoms with Crippen molar-refractivity contribution in [2.24, 2.45) is 5.92 Å². The van der Waals surface area contributed by atoms with Gasteiger partial charge in [0.25, 0.3) is 0 Å². The van der Waals surface area contributed by atoms with E-state index in [4.69, 9.17) is 4.74 Å². The van der Waals surface area contributed by atoms with Gasteiger partial charge in [0.15, 0.2) is 5.78 Å². The Bertz CT molecular complexity index is 386. The van der Waals surface area contributed by atoms with Crippen LogP contribution in [0.2, 0.25) is 0 Å². The van der Waals surface area contributed by atoms with Crippen LogP contribution < -0.4 is 4.74 Å². The van der Waals surface area contributed by atoms with Crippen LogP contribution in [0.15, 0.2) is 18.2 Å². The fourth-order valence-corrected chi connectivity index (χ4v) is 1.51. The quantitative estimate of drug-likeness (QED) is 0.704. The monoisotopic (exact) mass is 238 g/mol. The van der Waals surface area contributed by atoms with E-state index in [9.17, 15) is 9.18 Å². The zero-order valence-electron chi connectivity index (χ0n) is 10.6. The Labute approximate surface area is 102 Å². The lowest BCUT2D eigenvalue weighted by atomic mass is 10.0. The van der Waals surface area contributed by atoms with Gasteiger partial charge in [-0.1, -0.05) is 20.8 Å². The third kappa shape index (κ3) is 4.17. The molecule has 0 aliphatic heterocycles. The SMILES string of the molecule is CCCOc1ccc(F)c(C(=O)CC(C)C)c1. The third-order valence-electron chi connectivity index (χ3n) is 2.30. The molecule has 0 aliphatic carbocycles. The highest BCUT2D eigenvalue weighted by atomic mass is 19.1. The predicted octanol–water partition coefficient (Wildman–Crippen LogP) is 3.84. The second-order valence-electron chi connectivity index (χ2n) is 4.51. The first-order chi connectivity index (χ1) is 8.04. The van der Waals surface area contributed by atoms with E-state index >= 15 is 0 Å².